The third-order valence-electron chi connectivity index (χ3n) is 1.68. The van der Waals surface area contributed by atoms with Gasteiger partial charge in [-0.1, -0.05) is 6.07 Å². The molecule has 0 N–H and O–H groups in total. The van der Waals surface area contributed by atoms with Gasteiger partial charge in [0, 0.05) is 30.4 Å². The van der Waals surface area contributed by atoms with Crippen LogP contribution in [0.1, 0.15) is 0 Å². The largest absolute Gasteiger partial charge is 0.265 e. The summed E-state index contributed by atoms with van der Waals surface area (Å²) in [6, 6.07) is 7.89. The van der Waals surface area contributed by atoms with Gasteiger partial charge in [-0.25, -0.2) is 0 Å². The second-order valence-corrected chi connectivity index (χ2v) is 2.48. The quantitative estimate of drug-likeness (QED) is 0.573. The van der Waals surface area contributed by atoms with Crippen LogP contribution in [0.15, 0.2) is 49.1 Å². The summed E-state index contributed by atoms with van der Waals surface area (Å²) in [6.07, 6.45) is 7.17. The van der Waals surface area contributed by atoms with E-state index >= 15 is 0 Å². The maximum Gasteiger partial charge on any atom is 0.0346 e. The molecule has 2 heterocycles. The molecule has 0 aliphatic carbocycles. The number of pyridine rings is 2. The van der Waals surface area contributed by atoms with E-state index in [4.69, 9.17) is 0 Å². The lowest BCUT2D eigenvalue weighted by Gasteiger charge is -1.97. The van der Waals surface area contributed by atoms with Crippen LogP contribution in [-0.2, 0) is 0 Å². The minimum atomic E-state index is 1.12. The molecule has 0 saturated heterocycles. The molecule has 0 atom stereocenters. The van der Waals surface area contributed by atoms with Crippen molar-refractivity contribution in [2.75, 3.05) is 0 Å². The topological polar surface area (TPSA) is 25.8 Å². The Morgan fingerprint density at radius 2 is 1.50 bits per heavy atom. The van der Waals surface area contributed by atoms with Crippen molar-refractivity contribution in [1.29, 1.82) is 0 Å². The molecule has 2 rings (SSSR count). The van der Waals surface area contributed by atoms with E-state index in [0.717, 1.165) is 11.1 Å². The maximum atomic E-state index is 4.04. The molecule has 2 nitrogen and oxygen atoms in total. The van der Waals surface area contributed by atoms with Gasteiger partial charge >= 0.3 is 0 Å². The van der Waals surface area contributed by atoms with Crippen molar-refractivity contribution in [1.82, 2.24) is 9.97 Å². The van der Waals surface area contributed by atoms with Gasteiger partial charge in [-0.2, -0.15) is 0 Å². The zero-order chi connectivity index (χ0) is 10.2. The minimum absolute atomic E-state index is 1.12. The summed E-state index contributed by atoms with van der Waals surface area (Å²) in [4.78, 5) is 7.99. The fourth-order valence-corrected chi connectivity index (χ4v) is 1.08. The van der Waals surface area contributed by atoms with Crippen LogP contribution >= 0.6 is 23.3 Å². The highest BCUT2D eigenvalue weighted by Gasteiger charge is 1.93. The number of thiol groups is 2. The Hall–Kier alpha value is -1.00. The lowest BCUT2D eigenvalue weighted by atomic mass is 10.1. The van der Waals surface area contributed by atoms with E-state index in [1.165, 1.54) is 0 Å². The first-order chi connectivity index (χ1) is 6.97. The van der Waals surface area contributed by atoms with Crippen LogP contribution in [0, 0.1) is 0 Å². The Morgan fingerprint density at radius 3 is 2.07 bits per heavy atom. The summed E-state index contributed by atoms with van der Waals surface area (Å²) in [5.41, 5.74) is 2.28. The van der Waals surface area contributed by atoms with Gasteiger partial charge in [-0.05, 0) is 23.8 Å². The number of nitrogens with zero attached hydrogens (tertiary/aromatic N) is 2. The van der Waals surface area contributed by atoms with E-state index in [-0.39, 0.29) is 0 Å². The molecule has 2 aromatic rings. The molecule has 72 valence electrons. The first kappa shape index (κ1) is 11.1. The zero-order valence-electron chi connectivity index (χ0n) is 7.41. The summed E-state index contributed by atoms with van der Waals surface area (Å²) in [5, 5.41) is 0. The highest BCUT2D eigenvalue weighted by Crippen LogP contribution is 2.15. The summed E-state index contributed by atoms with van der Waals surface area (Å²) in [7, 11) is 0. The van der Waals surface area contributed by atoms with Gasteiger partial charge in [0.15, 0.2) is 0 Å². The van der Waals surface area contributed by atoms with Crippen molar-refractivity contribution in [3.05, 3.63) is 49.1 Å². The summed E-state index contributed by atoms with van der Waals surface area (Å²) in [5.74, 6) is 0. The molecule has 0 bridgehead atoms. The van der Waals surface area contributed by atoms with Gasteiger partial charge in [-0.15, -0.1) is 23.3 Å². The molecule has 0 fully saturated rings. The van der Waals surface area contributed by atoms with Gasteiger partial charge in [0.2, 0.25) is 0 Å². The van der Waals surface area contributed by atoms with Crippen LogP contribution in [0.25, 0.3) is 11.1 Å². The van der Waals surface area contributed by atoms with Crippen LogP contribution in [-0.4, -0.2) is 9.97 Å². The third kappa shape index (κ3) is 3.05. The summed E-state index contributed by atoms with van der Waals surface area (Å²) in [6.45, 7) is 0. The molecule has 0 aromatic carbocycles. The van der Waals surface area contributed by atoms with Crippen molar-refractivity contribution in [2.45, 2.75) is 0 Å². The first-order valence-corrected chi connectivity index (χ1v) is 5.57. The minimum Gasteiger partial charge on any atom is -0.265 e. The number of hydrogen-bond donors (Lipinski definition) is 2. The number of rotatable bonds is 1. The van der Waals surface area contributed by atoms with Gasteiger partial charge in [0.05, 0.1) is 0 Å². The van der Waals surface area contributed by atoms with E-state index in [1.807, 2.05) is 30.5 Å². The number of aromatic nitrogens is 2. The predicted molar refractivity (Wildman–Crippen MR) is 65.4 cm³/mol. The Morgan fingerprint density at radius 1 is 0.786 bits per heavy atom. The standard InChI is InChI=1S/C10H8N2.H2S2/c1-2-10(8-12-5-1)9-3-6-11-7-4-9;1-2/h1-8H;1-2H. The molecule has 0 unspecified atom stereocenters. The van der Waals surface area contributed by atoms with Crippen molar-refractivity contribution in [3.8, 4) is 11.1 Å². The van der Waals surface area contributed by atoms with E-state index < -0.39 is 0 Å². The summed E-state index contributed by atoms with van der Waals surface area (Å²) >= 11 is 6.44. The first-order valence-electron chi connectivity index (χ1n) is 3.97. The fraction of sp³-hybridized carbons (Fsp3) is 0. The Kier molecular flexibility index (Phi) is 5.11. The molecule has 0 aliphatic heterocycles. The SMILES string of the molecule is SS.c1cncc(-c2ccncc2)c1. The highest BCUT2D eigenvalue weighted by atomic mass is 33.1. The highest BCUT2D eigenvalue weighted by molar-refractivity contribution is 8.59. The lowest BCUT2D eigenvalue weighted by molar-refractivity contribution is 1.30. The van der Waals surface area contributed by atoms with Crippen molar-refractivity contribution < 1.29 is 0 Å². The smallest absolute Gasteiger partial charge is 0.0346 e. The Balaban J connectivity index is 0.000000461. The summed E-state index contributed by atoms with van der Waals surface area (Å²) < 4.78 is 0. The zero-order valence-corrected chi connectivity index (χ0v) is 9.20. The van der Waals surface area contributed by atoms with Gasteiger partial charge in [0.1, 0.15) is 0 Å². The second kappa shape index (κ2) is 6.45. The van der Waals surface area contributed by atoms with Crippen LogP contribution in [0.2, 0.25) is 0 Å². The van der Waals surface area contributed by atoms with Crippen LogP contribution in [0.5, 0.6) is 0 Å². The molecule has 4 heteroatoms. The molecule has 14 heavy (non-hydrogen) atoms. The maximum absolute atomic E-state index is 4.04. The molecule has 0 amide bonds. The average Bonchev–Trinajstić information content (AvgIpc) is 2.34. The number of hydrogen-bond acceptors (Lipinski definition) is 4. The molecule has 0 radical (unpaired) electrons. The van der Waals surface area contributed by atoms with E-state index in [1.54, 1.807) is 18.6 Å². The van der Waals surface area contributed by atoms with E-state index in [0.29, 0.717) is 0 Å². The molecule has 0 spiro atoms. The van der Waals surface area contributed by atoms with E-state index in [2.05, 4.69) is 33.3 Å². The van der Waals surface area contributed by atoms with Gasteiger partial charge < -0.3 is 0 Å². The third-order valence-corrected chi connectivity index (χ3v) is 1.68. The Labute approximate surface area is 93.6 Å². The van der Waals surface area contributed by atoms with Gasteiger partial charge in [0.25, 0.3) is 0 Å². The second-order valence-electron chi connectivity index (χ2n) is 2.48. The van der Waals surface area contributed by atoms with E-state index in [9.17, 15) is 0 Å². The molecule has 0 saturated carbocycles. The Bertz CT molecular complexity index is 314. The predicted octanol–water partition coefficient (Wildman–Crippen LogP) is 2.90. The van der Waals surface area contributed by atoms with Crippen LogP contribution in [0.3, 0.4) is 0 Å². The van der Waals surface area contributed by atoms with Crippen LogP contribution in [0.4, 0.5) is 0 Å². The fourth-order valence-electron chi connectivity index (χ4n) is 1.08. The van der Waals surface area contributed by atoms with Gasteiger partial charge in [-0.3, -0.25) is 9.97 Å². The molecule has 0 aliphatic rings. The van der Waals surface area contributed by atoms with Crippen LogP contribution < -0.4 is 0 Å². The molecule has 2 aromatic heterocycles. The average molecular weight is 222 g/mol. The lowest BCUT2D eigenvalue weighted by Crippen LogP contribution is -1.78. The monoisotopic (exact) mass is 222 g/mol. The molecular weight excluding hydrogens is 212 g/mol. The van der Waals surface area contributed by atoms with Crippen molar-refractivity contribution >= 4 is 23.3 Å². The normalized spacial score (nSPS) is 8.71. The molecular formula is C10H10N2S2. The van der Waals surface area contributed by atoms with Crippen molar-refractivity contribution in [2.24, 2.45) is 0 Å². The van der Waals surface area contributed by atoms with Crippen molar-refractivity contribution in [3.63, 3.8) is 0 Å².